The van der Waals surface area contributed by atoms with Crippen LogP contribution < -0.4 is 10.1 Å². The smallest absolute Gasteiger partial charge is 0.336 e. The molecule has 26 heavy (non-hydrogen) atoms. The number of rotatable bonds is 4. The molecule has 1 aromatic carbocycles. The molecule has 3 rings (SSSR count). The normalized spacial score (nSPS) is 20.0. The second kappa shape index (κ2) is 7.36. The number of benzene rings is 1. The van der Waals surface area contributed by atoms with Crippen LogP contribution in [0, 0.1) is 0 Å². The summed E-state index contributed by atoms with van der Waals surface area (Å²) in [7, 11) is 1.36. The third-order valence-electron chi connectivity index (χ3n) is 4.77. The average molecular weight is 355 g/mol. The van der Waals surface area contributed by atoms with Crippen molar-refractivity contribution in [3.05, 3.63) is 52.4 Å². The minimum Gasteiger partial charge on any atom is -0.491 e. The summed E-state index contributed by atoms with van der Waals surface area (Å²) in [4.78, 5) is 25.4. The van der Waals surface area contributed by atoms with Crippen LogP contribution in [-0.2, 0) is 14.3 Å². The Morgan fingerprint density at radius 1 is 1.23 bits per heavy atom. The number of ketones is 1. The summed E-state index contributed by atoms with van der Waals surface area (Å²) in [5.74, 6) is -0.128. The average Bonchev–Trinajstić information content (AvgIpc) is 2.60. The fourth-order valence-corrected chi connectivity index (χ4v) is 3.76. The predicted octanol–water partition coefficient (Wildman–Crippen LogP) is 3.61. The van der Waals surface area contributed by atoms with Crippen molar-refractivity contribution in [3.63, 3.8) is 0 Å². The molecule has 1 heterocycles. The van der Waals surface area contributed by atoms with E-state index in [1.54, 1.807) is 0 Å². The Balaban J connectivity index is 2.21. The van der Waals surface area contributed by atoms with Gasteiger partial charge < -0.3 is 14.8 Å². The number of nitrogens with one attached hydrogen (secondary N) is 1. The highest BCUT2D eigenvalue weighted by Crippen LogP contribution is 2.45. The van der Waals surface area contributed by atoms with Gasteiger partial charge in [0.1, 0.15) is 5.75 Å². The number of esters is 1. The van der Waals surface area contributed by atoms with Crippen LogP contribution in [0.25, 0.3) is 0 Å². The maximum atomic E-state index is 12.8. The summed E-state index contributed by atoms with van der Waals surface area (Å²) in [5, 5.41) is 3.27. The van der Waals surface area contributed by atoms with Gasteiger partial charge in [0.2, 0.25) is 0 Å². The molecule has 0 aromatic heterocycles. The first-order valence-corrected chi connectivity index (χ1v) is 9.02. The van der Waals surface area contributed by atoms with Crippen LogP contribution in [0.3, 0.4) is 0 Å². The van der Waals surface area contributed by atoms with Gasteiger partial charge in [0, 0.05) is 29.0 Å². The largest absolute Gasteiger partial charge is 0.491 e. The van der Waals surface area contributed by atoms with Crippen LogP contribution >= 0.6 is 0 Å². The lowest BCUT2D eigenvalue weighted by atomic mass is 9.75. The first-order valence-electron chi connectivity index (χ1n) is 9.02. The van der Waals surface area contributed by atoms with Crippen molar-refractivity contribution in [2.45, 2.75) is 52.1 Å². The molecular formula is C21H25NO4. The van der Waals surface area contributed by atoms with Crippen LogP contribution in [0.15, 0.2) is 46.8 Å². The molecule has 0 spiro atoms. The minimum absolute atomic E-state index is 0.0139. The third-order valence-corrected chi connectivity index (χ3v) is 4.77. The minimum atomic E-state index is -0.471. The Bertz CT molecular complexity index is 804. The highest BCUT2D eigenvalue weighted by atomic mass is 16.5. The Hall–Kier alpha value is -2.56. The van der Waals surface area contributed by atoms with Crippen LogP contribution in [0.4, 0.5) is 0 Å². The van der Waals surface area contributed by atoms with Crippen molar-refractivity contribution in [1.29, 1.82) is 0 Å². The maximum absolute atomic E-state index is 12.8. The molecule has 0 fully saturated rings. The van der Waals surface area contributed by atoms with E-state index in [1.165, 1.54) is 7.11 Å². The zero-order chi connectivity index (χ0) is 18.8. The molecule has 1 aliphatic heterocycles. The van der Waals surface area contributed by atoms with E-state index in [9.17, 15) is 9.59 Å². The molecule has 5 heteroatoms. The molecule has 0 radical (unpaired) electrons. The van der Waals surface area contributed by atoms with Gasteiger partial charge in [-0.25, -0.2) is 4.79 Å². The number of hydrogen-bond acceptors (Lipinski definition) is 5. The van der Waals surface area contributed by atoms with Crippen LogP contribution in [0.2, 0.25) is 0 Å². The maximum Gasteiger partial charge on any atom is 0.336 e. The molecule has 1 N–H and O–H groups in total. The molecule has 2 aliphatic rings. The highest BCUT2D eigenvalue weighted by Gasteiger charge is 2.40. The molecule has 1 aliphatic carbocycles. The second-order valence-electron chi connectivity index (χ2n) is 6.96. The summed E-state index contributed by atoms with van der Waals surface area (Å²) in [6.07, 6.45) is 2.11. The molecule has 1 aromatic rings. The zero-order valence-electron chi connectivity index (χ0n) is 15.7. The first kappa shape index (κ1) is 18.2. The molecule has 1 atom stereocenters. The lowest BCUT2D eigenvalue weighted by Gasteiger charge is -2.34. The fraction of sp³-hybridized carbons (Fsp3) is 0.429. The van der Waals surface area contributed by atoms with Gasteiger partial charge in [-0.3, -0.25) is 4.79 Å². The Morgan fingerprint density at radius 3 is 2.65 bits per heavy atom. The van der Waals surface area contributed by atoms with Crippen molar-refractivity contribution < 1.29 is 19.1 Å². The van der Waals surface area contributed by atoms with E-state index in [0.29, 0.717) is 23.3 Å². The zero-order valence-corrected chi connectivity index (χ0v) is 15.7. The van der Waals surface area contributed by atoms with E-state index in [-0.39, 0.29) is 11.9 Å². The Kier molecular flexibility index (Phi) is 5.16. The lowest BCUT2D eigenvalue weighted by molar-refractivity contribution is -0.136. The number of carbonyl (C=O) groups excluding carboxylic acids is 2. The van der Waals surface area contributed by atoms with Gasteiger partial charge in [0.15, 0.2) is 5.78 Å². The van der Waals surface area contributed by atoms with E-state index in [4.69, 9.17) is 9.47 Å². The number of para-hydroxylation sites is 1. The molecule has 0 unspecified atom stereocenters. The molecule has 138 valence electrons. The van der Waals surface area contributed by atoms with Gasteiger partial charge in [-0.1, -0.05) is 18.2 Å². The molecule has 0 saturated heterocycles. The van der Waals surface area contributed by atoms with E-state index < -0.39 is 11.9 Å². The van der Waals surface area contributed by atoms with Gasteiger partial charge >= 0.3 is 5.97 Å². The summed E-state index contributed by atoms with van der Waals surface area (Å²) < 4.78 is 11.0. The molecule has 0 amide bonds. The van der Waals surface area contributed by atoms with Gasteiger partial charge in [-0.15, -0.1) is 0 Å². The SMILES string of the molecule is COC(=O)C1=C(C)NC2=C(C(=O)CCC2)[C@@H]1c1ccccc1OC(C)C. The topological polar surface area (TPSA) is 64.6 Å². The predicted molar refractivity (Wildman–Crippen MR) is 98.7 cm³/mol. The highest BCUT2D eigenvalue weighted by molar-refractivity contribution is 6.03. The summed E-state index contributed by atoms with van der Waals surface area (Å²) >= 11 is 0. The number of carbonyl (C=O) groups is 2. The quantitative estimate of drug-likeness (QED) is 0.836. The van der Waals surface area contributed by atoms with Gasteiger partial charge in [0.25, 0.3) is 0 Å². The monoisotopic (exact) mass is 355 g/mol. The number of dihydropyridines is 1. The van der Waals surface area contributed by atoms with Gasteiger partial charge in [-0.05, 0) is 39.7 Å². The Morgan fingerprint density at radius 2 is 1.96 bits per heavy atom. The molecule has 0 bridgehead atoms. The van der Waals surface area contributed by atoms with E-state index in [0.717, 1.165) is 29.8 Å². The van der Waals surface area contributed by atoms with Crippen LogP contribution in [0.1, 0.15) is 51.5 Å². The third kappa shape index (κ3) is 3.26. The first-order chi connectivity index (χ1) is 12.4. The number of ether oxygens (including phenoxy) is 2. The number of methoxy groups -OCH3 is 1. The molecular weight excluding hydrogens is 330 g/mol. The van der Waals surface area contributed by atoms with E-state index in [1.807, 2.05) is 45.0 Å². The standard InChI is InChI=1S/C21H25NO4/c1-12(2)26-17-11-6-5-8-14(17)19-18(21(24)25-4)13(3)22-15-9-7-10-16(23)20(15)19/h5-6,8,11-12,19,22H,7,9-10H2,1-4H3/t19-/m1/s1. The number of allylic oxidation sites excluding steroid dienone is 3. The van der Waals surface area contributed by atoms with E-state index >= 15 is 0 Å². The number of hydrogen-bond donors (Lipinski definition) is 1. The second-order valence-corrected chi connectivity index (χ2v) is 6.96. The van der Waals surface area contributed by atoms with Gasteiger partial charge in [-0.2, -0.15) is 0 Å². The Labute approximate surface area is 154 Å². The summed E-state index contributed by atoms with van der Waals surface area (Å²) in [5.41, 5.74) is 3.61. The summed E-state index contributed by atoms with van der Waals surface area (Å²) in [6.45, 7) is 5.77. The fourth-order valence-electron chi connectivity index (χ4n) is 3.76. The molecule has 5 nitrogen and oxygen atoms in total. The van der Waals surface area contributed by atoms with Crippen molar-refractivity contribution in [2.24, 2.45) is 0 Å². The van der Waals surface area contributed by atoms with Gasteiger partial charge in [0.05, 0.1) is 24.7 Å². The van der Waals surface area contributed by atoms with Crippen LogP contribution in [0.5, 0.6) is 5.75 Å². The molecule has 0 saturated carbocycles. The van der Waals surface area contributed by atoms with Crippen molar-refractivity contribution in [2.75, 3.05) is 7.11 Å². The summed E-state index contributed by atoms with van der Waals surface area (Å²) in [6, 6.07) is 7.61. The number of Topliss-reactive ketones (excluding diaryl/α,β-unsaturated/α-hetero) is 1. The van der Waals surface area contributed by atoms with Crippen molar-refractivity contribution in [3.8, 4) is 5.75 Å². The van der Waals surface area contributed by atoms with Crippen LogP contribution in [-0.4, -0.2) is 25.0 Å². The van der Waals surface area contributed by atoms with E-state index in [2.05, 4.69) is 5.32 Å². The van der Waals surface area contributed by atoms with Crippen molar-refractivity contribution >= 4 is 11.8 Å². The lowest BCUT2D eigenvalue weighted by Crippen LogP contribution is -2.34. The van der Waals surface area contributed by atoms with Crippen molar-refractivity contribution in [1.82, 2.24) is 5.32 Å².